The molecule has 0 aliphatic rings. The minimum atomic E-state index is -0.488. The molecule has 0 saturated heterocycles. The van der Waals surface area contributed by atoms with Gasteiger partial charge in [-0.3, -0.25) is 4.79 Å². The van der Waals surface area contributed by atoms with Crippen LogP contribution in [0.4, 0.5) is 5.82 Å². The number of amides is 1. The number of methoxy groups -OCH3 is 1. The number of hydrogen-bond donors (Lipinski definition) is 2. The van der Waals surface area contributed by atoms with Crippen LogP contribution in [0.3, 0.4) is 0 Å². The number of rotatable bonds is 6. The summed E-state index contributed by atoms with van der Waals surface area (Å²) in [7, 11) is 1.30. The molecule has 2 N–H and O–H groups in total. The van der Waals surface area contributed by atoms with E-state index in [-0.39, 0.29) is 12.5 Å². The van der Waals surface area contributed by atoms with Crippen LogP contribution in [-0.2, 0) is 9.53 Å². The van der Waals surface area contributed by atoms with E-state index in [2.05, 4.69) is 20.4 Å². The topological polar surface area (TPSA) is 80.3 Å². The van der Waals surface area contributed by atoms with Crippen LogP contribution in [0.5, 0.6) is 0 Å². The largest absolute Gasteiger partial charge is 0.465 e. The maximum atomic E-state index is 11.6. The zero-order chi connectivity index (χ0) is 14.3. The van der Waals surface area contributed by atoms with Gasteiger partial charge in [0.25, 0.3) is 0 Å². The molecule has 0 aromatic carbocycles. The van der Waals surface area contributed by atoms with Crippen LogP contribution in [0.2, 0.25) is 0 Å². The third kappa shape index (κ3) is 4.95. The van der Waals surface area contributed by atoms with Gasteiger partial charge in [-0.15, -0.1) is 0 Å². The average Bonchev–Trinajstić information content (AvgIpc) is 2.42. The van der Waals surface area contributed by atoms with Gasteiger partial charge in [0, 0.05) is 12.7 Å². The highest BCUT2D eigenvalue weighted by Crippen LogP contribution is 2.11. The van der Waals surface area contributed by atoms with Crippen LogP contribution < -0.4 is 10.6 Å². The number of hydrogen-bond acceptors (Lipinski definition) is 5. The van der Waals surface area contributed by atoms with Gasteiger partial charge < -0.3 is 15.4 Å². The summed E-state index contributed by atoms with van der Waals surface area (Å²) in [6.45, 7) is 4.71. The first-order chi connectivity index (χ1) is 9.04. The van der Waals surface area contributed by atoms with E-state index in [1.807, 2.05) is 13.8 Å². The molecule has 0 spiro atoms. The summed E-state index contributed by atoms with van der Waals surface area (Å²) in [5, 5.41) is 5.60. The van der Waals surface area contributed by atoms with Gasteiger partial charge in [-0.2, -0.15) is 0 Å². The van der Waals surface area contributed by atoms with Crippen molar-refractivity contribution in [2.45, 2.75) is 13.8 Å². The molecule has 1 rings (SSSR count). The fraction of sp³-hybridized carbons (Fsp3) is 0.462. The van der Waals surface area contributed by atoms with Crippen molar-refractivity contribution in [3.05, 3.63) is 23.9 Å². The minimum absolute atomic E-state index is 0.0632. The third-order valence-electron chi connectivity index (χ3n) is 2.34. The highest BCUT2D eigenvalue weighted by molar-refractivity contribution is 5.95. The second kappa shape index (κ2) is 7.35. The van der Waals surface area contributed by atoms with Crippen molar-refractivity contribution >= 4 is 17.7 Å². The third-order valence-corrected chi connectivity index (χ3v) is 2.34. The minimum Gasteiger partial charge on any atom is -0.465 e. The summed E-state index contributed by atoms with van der Waals surface area (Å²) < 4.78 is 4.64. The SMILES string of the molecule is COC(=O)c1cccnc1NCC(=O)NCC(C)C. The van der Waals surface area contributed by atoms with Crippen molar-refractivity contribution < 1.29 is 14.3 Å². The Morgan fingerprint density at radius 1 is 1.42 bits per heavy atom. The maximum Gasteiger partial charge on any atom is 0.341 e. The monoisotopic (exact) mass is 265 g/mol. The fourth-order valence-corrected chi connectivity index (χ4v) is 1.37. The lowest BCUT2D eigenvalue weighted by Crippen LogP contribution is -2.33. The first-order valence-electron chi connectivity index (χ1n) is 6.08. The van der Waals surface area contributed by atoms with Crippen LogP contribution in [0.1, 0.15) is 24.2 Å². The van der Waals surface area contributed by atoms with E-state index in [4.69, 9.17) is 0 Å². The Labute approximate surface area is 112 Å². The van der Waals surface area contributed by atoms with Crippen LogP contribution in [0.15, 0.2) is 18.3 Å². The van der Waals surface area contributed by atoms with Crippen molar-refractivity contribution in [1.82, 2.24) is 10.3 Å². The first kappa shape index (κ1) is 14.9. The van der Waals surface area contributed by atoms with Crippen LogP contribution >= 0.6 is 0 Å². The van der Waals surface area contributed by atoms with Gasteiger partial charge >= 0.3 is 5.97 Å². The van der Waals surface area contributed by atoms with Gasteiger partial charge in [0.15, 0.2) is 0 Å². The van der Waals surface area contributed by atoms with Gasteiger partial charge in [0.1, 0.15) is 11.4 Å². The zero-order valence-corrected chi connectivity index (χ0v) is 11.4. The van der Waals surface area contributed by atoms with Gasteiger partial charge in [0.2, 0.25) is 5.91 Å². The lowest BCUT2D eigenvalue weighted by atomic mass is 10.2. The van der Waals surface area contributed by atoms with Crippen molar-refractivity contribution in [3.63, 3.8) is 0 Å². The smallest absolute Gasteiger partial charge is 0.341 e. The molecule has 6 nitrogen and oxygen atoms in total. The van der Waals surface area contributed by atoms with E-state index in [1.54, 1.807) is 18.3 Å². The zero-order valence-electron chi connectivity index (χ0n) is 11.4. The van der Waals surface area contributed by atoms with Crippen LogP contribution in [-0.4, -0.2) is 37.1 Å². The molecule has 6 heteroatoms. The number of aromatic nitrogens is 1. The summed E-state index contributed by atoms with van der Waals surface area (Å²) in [5.41, 5.74) is 0.307. The molecule has 1 aromatic rings. The molecule has 0 bridgehead atoms. The number of esters is 1. The summed E-state index contributed by atoms with van der Waals surface area (Å²) in [6.07, 6.45) is 1.54. The van der Waals surface area contributed by atoms with Crippen molar-refractivity contribution in [2.75, 3.05) is 25.5 Å². The van der Waals surface area contributed by atoms with E-state index in [1.165, 1.54) is 7.11 Å². The Hall–Kier alpha value is -2.11. The lowest BCUT2D eigenvalue weighted by molar-refractivity contribution is -0.119. The number of pyridine rings is 1. The highest BCUT2D eigenvalue weighted by atomic mass is 16.5. The predicted octanol–water partition coefficient (Wildman–Crippen LogP) is 1.05. The van der Waals surface area contributed by atoms with Crippen molar-refractivity contribution in [2.24, 2.45) is 5.92 Å². The molecule has 1 amide bonds. The van der Waals surface area contributed by atoms with E-state index in [9.17, 15) is 9.59 Å². The summed E-state index contributed by atoms with van der Waals surface area (Å²) in [6, 6.07) is 3.23. The molecule has 0 atom stereocenters. The Morgan fingerprint density at radius 3 is 2.79 bits per heavy atom. The normalized spacial score (nSPS) is 10.1. The number of carbonyl (C=O) groups excluding carboxylic acids is 2. The van der Waals surface area contributed by atoms with Gasteiger partial charge in [-0.25, -0.2) is 9.78 Å². The number of carbonyl (C=O) groups is 2. The molecule has 0 aliphatic heterocycles. The molecular weight excluding hydrogens is 246 g/mol. The second-order valence-corrected chi connectivity index (χ2v) is 4.44. The summed E-state index contributed by atoms with van der Waals surface area (Å²) >= 11 is 0. The van der Waals surface area contributed by atoms with Crippen LogP contribution in [0, 0.1) is 5.92 Å². The molecular formula is C13H19N3O3. The lowest BCUT2D eigenvalue weighted by Gasteiger charge is -2.10. The molecule has 1 aromatic heterocycles. The number of anilines is 1. The highest BCUT2D eigenvalue weighted by Gasteiger charge is 2.13. The van der Waals surface area contributed by atoms with Gasteiger partial charge in [-0.05, 0) is 18.1 Å². The Bertz CT molecular complexity index is 447. The Balaban J connectivity index is 2.58. The van der Waals surface area contributed by atoms with Crippen LogP contribution in [0.25, 0.3) is 0 Å². The van der Waals surface area contributed by atoms with E-state index in [0.717, 1.165) is 0 Å². The standard InChI is InChI=1S/C13H19N3O3/c1-9(2)7-15-11(17)8-16-12-10(13(18)19-3)5-4-6-14-12/h4-6,9H,7-8H2,1-3H3,(H,14,16)(H,15,17). The first-order valence-corrected chi connectivity index (χ1v) is 6.08. The quantitative estimate of drug-likeness (QED) is 0.752. The number of ether oxygens (including phenoxy) is 1. The number of nitrogens with zero attached hydrogens (tertiary/aromatic N) is 1. The van der Waals surface area contributed by atoms with Gasteiger partial charge in [-0.1, -0.05) is 13.8 Å². The molecule has 0 radical (unpaired) electrons. The summed E-state index contributed by atoms with van der Waals surface area (Å²) in [5.74, 6) is 0.104. The maximum absolute atomic E-state index is 11.6. The average molecular weight is 265 g/mol. The van der Waals surface area contributed by atoms with E-state index < -0.39 is 5.97 Å². The molecule has 0 fully saturated rings. The van der Waals surface area contributed by atoms with E-state index >= 15 is 0 Å². The van der Waals surface area contributed by atoms with Crippen molar-refractivity contribution in [3.8, 4) is 0 Å². The Morgan fingerprint density at radius 2 is 2.16 bits per heavy atom. The van der Waals surface area contributed by atoms with Gasteiger partial charge in [0.05, 0.1) is 13.7 Å². The second-order valence-electron chi connectivity index (χ2n) is 4.44. The summed E-state index contributed by atoms with van der Waals surface area (Å²) in [4.78, 5) is 27.1. The number of nitrogens with one attached hydrogen (secondary N) is 2. The predicted molar refractivity (Wildman–Crippen MR) is 71.9 cm³/mol. The molecule has 0 unspecified atom stereocenters. The molecule has 19 heavy (non-hydrogen) atoms. The Kier molecular flexibility index (Phi) is 5.78. The molecule has 0 saturated carbocycles. The van der Waals surface area contributed by atoms with Crippen molar-refractivity contribution in [1.29, 1.82) is 0 Å². The van der Waals surface area contributed by atoms with E-state index in [0.29, 0.717) is 23.8 Å². The molecule has 1 heterocycles. The molecule has 0 aliphatic carbocycles. The molecule has 104 valence electrons. The fourth-order valence-electron chi connectivity index (χ4n) is 1.37.